The standard InChI is InChI=1S/C14H21N3O2/c15-12-5-1-3-11(9-12)4-2-6-17-7-8-19-10-13(17)14(16)18/h1,3,5,9,13H,2,4,6-8,10,15H2,(H2,16,18). The van der Waals surface area contributed by atoms with E-state index in [4.69, 9.17) is 16.2 Å². The maximum atomic E-state index is 11.3. The predicted molar refractivity (Wildman–Crippen MR) is 74.5 cm³/mol. The van der Waals surface area contributed by atoms with Gasteiger partial charge in [-0.2, -0.15) is 0 Å². The van der Waals surface area contributed by atoms with E-state index in [0.29, 0.717) is 13.2 Å². The zero-order valence-corrected chi connectivity index (χ0v) is 11.0. The number of amides is 1. The van der Waals surface area contributed by atoms with Gasteiger partial charge in [-0.1, -0.05) is 12.1 Å². The molecule has 1 amide bonds. The van der Waals surface area contributed by atoms with Gasteiger partial charge in [-0.15, -0.1) is 0 Å². The van der Waals surface area contributed by atoms with Crippen LogP contribution in [0.15, 0.2) is 24.3 Å². The van der Waals surface area contributed by atoms with Gasteiger partial charge in [0.25, 0.3) is 0 Å². The Morgan fingerprint density at radius 3 is 3.05 bits per heavy atom. The molecule has 1 heterocycles. The number of benzene rings is 1. The Balaban J connectivity index is 1.82. The van der Waals surface area contributed by atoms with Gasteiger partial charge in [0.15, 0.2) is 0 Å². The maximum Gasteiger partial charge on any atom is 0.237 e. The van der Waals surface area contributed by atoms with E-state index in [1.54, 1.807) is 0 Å². The van der Waals surface area contributed by atoms with Crippen molar-refractivity contribution in [2.45, 2.75) is 18.9 Å². The van der Waals surface area contributed by atoms with E-state index in [1.807, 2.05) is 18.2 Å². The average molecular weight is 263 g/mol. The number of carbonyl (C=O) groups is 1. The van der Waals surface area contributed by atoms with E-state index in [9.17, 15) is 4.79 Å². The molecule has 0 aliphatic carbocycles. The van der Waals surface area contributed by atoms with Crippen LogP contribution in [0.5, 0.6) is 0 Å². The fourth-order valence-corrected chi connectivity index (χ4v) is 2.40. The number of ether oxygens (including phenoxy) is 1. The van der Waals surface area contributed by atoms with Crippen LogP contribution < -0.4 is 11.5 Å². The quantitative estimate of drug-likeness (QED) is 0.753. The lowest BCUT2D eigenvalue weighted by molar-refractivity contribution is -0.129. The van der Waals surface area contributed by atoms with Gasteiger partial charge < -0.3 is 16.2 Å². The Bertz CT molecular complexity index is 436. The van der Waals surface area contributed by atoms with Crippen molar-refractivity contribution in [1.82, 2.24) is 4.90 Å². The van der Waals surface area contributed by atoms with Crippen molar-refractivity contribution in [3.63, 3.8) is 0 Å². The van der Waals surface area contributed by atoms with Crippen molar-refractivity contribution >= 4 is 11.6 Å². The van der Waals surface area contributed by atoms with Gasteiger partial charge in [0, 0.05) is 12.2 Å². The molecule has 1 aromatic carbocycles. The first kappa shape index (κ1) is 13.8. The zero-order chi connectivity index (χ0) is 13.7. The van der Waals surface area contributed by atoms with Crippen LogP contribution in [-0.2, 0) is 16.0 Å². The highest BCUT2D eigenvalue weighted by Gasteiger charge is 2.26. The highest BCUT2D eigenvalue weighted by atomic mass is 16.5. The molecule has 5 heteroatoms. The number of morpholine rings is 1. The smallest absolute Gasteiger partial charge is 0.237 e. The van der Waals surface area contributed by atoms with Crippen LogP contribution in [0, 0.1) is 0 Å². The van der Waals surface area contributed by atoms with E-state index >= 15 is 0 Å². The molecule has 1 saturated heterocycles. The Kier molecular flexibility index (Phi) is 4.76. The Morgan fingerprint density at radius 1 is 1.47 bits per heavy atom. The fraction of sp³-hybridized carbons (Fsp3) is 0.500. The van der Waals surface area contributed by atoms with Crippen LogP contribution in [0.25, 0.3) is 0 Å². The lowest BCUT2D eigenvalue weighted by Gasteiger charge is -2.33. The van der Waals surface area contributed by atoms with Crippen molar-refractivity contribution in [1.29, 1.82) is 0 Å². The molecule has 1 aliphatic rings. The van der Waals surface area contributed by atoms with Crippen molar-refractivity contribution in [3.8, 4) is 0 Å². The van der Waals surface area contributed by atoms with E-state index in [-0.39, 0.29) is 11.9 Å². The van der Waals surface area contributed by atoms with Crippen LogP contribution in [-0.4, -0.2) is 43.2 Å². The van der Waals surface area contributed by atoms with Crippen molar-refractivity contribution < 1.29 is 9.53 Å². The maximum absolute atomic E-state index is 11.3. The summed E-state index contributed by atoms with van der Waals surface area (Å²) in [5, 5.41) is 0. The van der Waals surface area contributed by atoms with Crippen molar-refractivity contribution in [2.75, 3.05) is 32.0 Å². The SMILES string of the molecule is NC(=O)C1COCCN1CCCc1cccc(N)c1. The minimum atomic E-state index is -0.302. The number of carbonyl (C=O) groups excluding carboxylic acids is 1. The zero-order valence-electron chi connectivity index (χ0n) is 11.0. The summed E-state index contributed by atoms with van der Waals surface area (Å²) in [5.74, 6) is -0.302. The Labute approximate surface area is 113 Å². The van der Waals surface area contributed by atoms with E-state index < -0.39 is 0 Å². The van der Waals surface area contributed by atoms with Gasteiger partial charge in [-0.3, -0.25) is 9.69 Å². The summed E-state index contributed by atoms with van der Waals surface area (Å²) < 4.78 is 5.29. The number of hydrogen-bond acceptors (Lipinski definition) is 4. The fourth-order valence-electron chi connectivity index (χ4n) is 2.40. The molecule has 0 aromatic heterocycles. The molecule has 1 fully saturated rings. The highest BCUT2D eigenvalue weighted by molar-refractivity contribution is 5.80. The van der Waals surface area contributed by atoms with Crippen LogP contribution in [0.4, 0.5) is 5.69 Å². The summed E-state index contributed by atoms with van der Waals surface area (Å²) in [7, 11) is 0. The predicted octanol–water partition coefficient (Wildman–Crippen LogP) is 0.388. The molecule has 1 aromatic rings. The Morgan fingerprint density at radius 2 is 2.32 bits per heavy atom. The number of primary amides is 1. The molecule has 4 N–H and O–H groups in total. The van der Waals surface area contributed by atoms with Gasteiger partial charge in [0.05, 0.1) is 13.2 Å². The summed E-state index contributed by atoms with van der Waals surface area (Å²) >= 11 is 0. The third-order valence-corrected chi connectivity index (χ3v) is 3.43. The normalized spacial score (nSPS) is 20.3. The van der Waals surface area contributed by atoms with E-state index in [1.165, 1.54) is 5.56 Å². The van der Waals surface area contributed by atoms with Crippen LogP contribution >= 0.6 is 0 Å². The van der Waals surface area contributed by atoms with Crippen LogP contribution in [0.3, 0.4) is 0 Å². The number of nitrogens with zero attached hydrogens (tertiary/aromatic N) is 1. The molecular formula is C14H21N3O2. The number of rotatable bonds is 5. The van der Waals surface area contributed by atoms with Crippen molar-refractivity contribution in [2.24, 2.45) is 5.73 Å². The third kappa shape index (κ3) is 3.94. The average Bonchev–Trinajstić information content (AvgIpc) is 2.39. The number of anilines is 1. The number of aryl methyl sites for hydroxylation is 1. The second-order valence-corrected chi connectivity index (χ2v) is 4.88. The molecule has 1 unspecified atom stereocenters. The minimum absolute atomic E-state index is 0.283. The summed E-state index contributed by atoms with van der Waals surface area (Å²) in [6, 6.07) is 7.63. The lowest BCUT2D eigenvalue weighted by Crippen LogP contribution is -2.52. The first-order chi connectivity index (χ1) is 9.16. The number of hydrogen-bond donors (Lipinski definition) is 2. The van der Waals surface area contributed by atoms with E-state index in [2.05, 4.69) is 11.0 Å². The van der Waals surface area contributed by atoms with Crippen molar-refractivity contribution in [3.05, 3.63) is 29.8 Å². The monoisotopic (exact) mass is 263 g/mol. The van der Waals surface area contributed by atoms with Gasteiger partial charge in [-0.25, -0.2) is 0 Å². The molecule has 0 spiro atoms. The van der Waals surface area contributed by atoms with Crippen LogP contribution in [0.2, 0.25) is 0 Å². The lowest BCUT2D eigenvalue weighted by atomic mass is 10.1. The molecule has 104 valence electrons. The van der Waals surface area contributed by atoms with Gasteiger partial charge in [0.2, 0.25) is 5.91 Å². The van der Waals surface area contributed by atoms with Gasteiger partial charge in [-0.05, 0) is 37.1 Å². The number of nitrogen functional groups attached to an aromatic ring is 1. The summed E-state index contributed by atoms with van der Waals surface area (Å²) in [6.07, 6.45) is 1.93. The number of nitrogens with two attached hydrogens (primary N) is 2. The summed E-state index contributed by atoms with van der Waals surface area (Å²) in [5.41, 5.74) is 13.1. The molecule has 0 saturated carbocycles. The highest BCUT2D eigenvalue weighted by Crippen LogP contribution is 2.11. The molecule has 0 radical (unpaired) electrons. The van der Waals surface area contributed by atoms with Gasteiger partial charge in [0.1, 0.15) is 6.04 Å². The molecule has 1 aliphatic heterocycles. The minimum Gasteiger partial charge on any atom is -0.399 e. The van der Waals surface area contributed by atoms with E-state index in [0.717, 1.165) is 31.6 Å². The van der Waals surface area contributed by atoms with Crippen LogP contribution in [0.1, 0.15) is 12.0 Å². The second kappa shape index (κ2) is 6.54. The summed E-state index contributed by atoms with van der Waals surface area (Å²) in [6.45, 7) is 2.70. The summed E-state index contributed by atoms with van der Waals surface area (Å²) in [4.78, 5) is 13.4. The molecule has 19 heavy (non-hydrogen) atoms. The largest absolute Gasteiger partial charge is 0.399 e. The molecule has 2 rings (SSSR count). The first-order valence-electron chi connectivity index (χ1n) is 6.62. The molecular weight excluding hydrogens is 242 g/mol. The molecule has 0 bridgehead atoms. The van der Waals surface area contributed by atoms with Gasteiger partial charge >= 0.3 is 0 Å². The topological polar surface area (TPSA) is 81.6 Å². The third-order valence-electron chi connectivity index (χ3n) is 3.43. The molecule has 1 atom stereocenters. The second-order valence-electron chi connectivity index (χ2n) is 4.88. The Hall–Kier alpha value is -1.59. The first-order valence-corrected chi connectivity index (χ1v) is 6.62. The molecule has 5 nitrogen and oxygen atoms in total.